The minimum atomic E-state index is -4.59. The summed E-state index contributed by atoms with van der Waals surface area (Å²) in [4.78, 5) is 11.6. The summed E-state index contributed by atoms with van der Waals surface area (Å²) in [6.45, 7) is 3.36. The first-order valence-corrected chi connectivity index (χ1v) is 6.56. The van der Waals surface area contributed by atoms with Crippen LogP contribution in [0.4, 0.5) is 13.2 Å². The minimum absolute atomic E-state index is 0.0154. The van der Waals surface area contributed by atoms with Gasteiger partial charge in [-0.2, -0.15) is 13.2 Å². The average molecular weight is 305 g/mol. The van der Waals surface area contributed by atoms with Gasteiger partial charge < -0.3 is 15.2 Å². The third-order valence-electron chi connectivity index (χ3n) is 2.77. The van der Waals surface area contributed by atoms with E-state index in [0.717, 1.165) is 6.07 Å². The van der Waals surface area contributed by atoms with Gasteiger partial charge in [0.1, 0.15) is 5.75 Å². The number of carbonyl (C=O) groups is 1. The van der Waals surface area contributed by atoms with Gasteiger partial charge in [0.25, 0.3) is 0 Å². The van der Waals surface area contributed by atoms with Crippen LogP contribution in [0.1, 0.15) is 31.4 Å². The summed E-state index contributed by atoms with van der Waals surface area (Å²) in [6, 6.07) is 3.53. The number of halogens is 3. The highest BCUT2D eigenvalue weighted by Gasteiger charge is 2.35. The van der Waals surface area contributed by atoms with E-state index in [4.69, 9.17) is 15.2 Å². The molecule has 21 heavy (non-hydrogen) atoms. The van der Waals surface area contributed by atoms with Crippen molar-refractivity contribution >= 4 is 5.97 Å². The van der Waals surface area contributed by atoms with Crippen molar-refractivity contribution < 1.29 is 27.4 Å². The first kappa shape index (κ1) is 17.3. The van der Waals surface area contributed by atoms with Crippen LogP contribution in [0.2, 0.25) is 0 Å². The SMILES string of the molecule is CCOC(=O)C(CC)Oc1ccc(CN)cc1C(F)(F)F. The summed E-state index contributed by atoms with van der Waals surface area (Å²) in [5, 5.41) is 0. The normalized spacial score (nSPS) is 12.9. The Balaban J connectivity index is 3.09. The van der Waals surface area contributed by atoms with Crippen LogP contribution < -0.4 is 10.5 Å². The van der Waals surface area contributed by atoms with Crippen molar-refractivity contribution in [1.82, 2.24) is 0 Å². The Hall–Kier alpha value is -1.76. The van der Waals surface area contributed by atoms with E-state index in [1.807, 2.05) is 0 Å². The maximum absolute atomic E-state index is 13.0. The van der Waals surface area contributed by atoms with Crippen LogP contribution >= 0.6 is 0 Å². The van der Waals surface area contributed by atoms with Crippen LogP contribution in [-0.4, -0.2) is 18.7 Å². The molecule has 0 saturated carbocycles. The van der Waals surface area contributed by atoms with Gasteiger partial charge in [-0.3, -0.25) is 0 Å². The van der Waals surface area contributed by atoms with Gasteiger partial charge in [0.15, 0.2) is 6.10 Å². The topological polar surface area (TPSA) is 61.5 Å². The van der Waals surface area contributed by atoms with Crippen LogP contribution in [-0.2, 0) is 22.3 Å². The molecule has 1 rings (SSSR count). The summed E-state index contributed by atoms with van der Waals surface area (Å²) < 4.78 is 49.1. The Morgan fingerprint density at radius 2 is 2.00 bits per heavy atom. The summed E-state index contributed by atoms with van der Waals surface area (Å²) in [5.74, 6) is -1.09. The van der Waals surface area contributed by atoms with Gasteiger partial charge in [0.05, 0.1) is 12.2 Å². The number of esters is 1. The lowest BCUT2D eigenvalue weighted by atomic mass is 10.1. The van der Waals surface area contributed by atoms with E-state index < -0.39 is 29.6 Å². The first-order chi connectivity index (χ1) is 9.83. The maximum Gasteiger partial charge on any atom is 0.419 e. The molecule has 118 valence electrons. The fourth-order valence-electron chi connectivity index (χ4n) is 1.71. The van der Waals surface area contributed by atoms with E-state index in [9.17, 15) is 18.0 Å². The van der Waals surface area contributed by atoms with E-state index >= 15 is 0 Å². The predicted molar refractivity (Wildman–Crippen MR) is 70.7 cm³/mol. The number of hydrogen-bond donors (Lipinski definition) is 1. The third kappa shape index (κ3) is 4.63. The molecule has 1 aromatic rings. The Morgan fingerprint density at radius 1 is 1.33 bits per heavy atom. The van der Waals surface area contributed by atoms with Gasteiger partial charge in [0, 0.05) is 6.54 Å². The Bertz CT molecular complexity index is 489. The zero-order chi connectivity index (χ0) is 16.0. The lowest BCUT2D eigenvalue weighted by Gasteiger charge is -2.20. The zero-order valence-corrected chi connectivity index (χ0v) is 11.9. The van der Waals surface area contributed by atoms with Crippen molar-refractivity contribution in [3.8, 4) is 5.75 Å². The number of hydrogen-bond acceptors (Lipinski definition) is 4. The molecule has 0 aliphatic heterocycles. The van der Waals surface area contributed by atoms with Gasteiger partial charge in [-0.1, -0.05) is 13.0 Å². The molecule has 0 fully saturated rings. The third-order valence-corrected chi connectivity index (χ3v) is 2.77. The molecule has 0 aromatic heterocycles. The average Bonchev–Trinajstić information content (AvgIpc) is 2.43. The van der Waals surface area contributed by atoms with Crippen molar-refractivity contribution in [3.05, 3.63) is 29.3 Å². The van der Waals surface area contributed by atoms with E-state index in [-0.39, 0.29) is 19.6 Å². The van der Waals surface area contributed by atoms with E-state index in [1.54, 1.807) is 13.8 Å². The molecular formula is C14H18F3NO3. The first-order valence-electron chi connectivity index (χ1n) is 6.56. The van der Waals surface area contributed by atoms with Gasteiger partial charge in [-0.15, -0.1) is 0 Å². The molecule has 0 heterocycles. The summed E-state index contributed by atoms with van der Waals surface area (Å²) in [5.41, 5.74) is 4.73. The number of benzene rings is 1. The maximum atomic E-state index is 13.0. The van der Waals surface area contributed by atoms with Crippen LogP contribution in [0.3, 0.4) is 0 Å². The molecule has 0 radical (unpaired) electrons. The van der Waals surface area contributed by atoms with Crippen molar-refractivity contribution in [2.45, 2.75) is 39.1 Å². The smallest absolute Gasteiger partial charge is 0.419 e. The predicted octanol–water partition coefficient (Wildman–Crippen LogP) is 2.88. The number of nitrogens with two attached hydrogens (primary N) is 1. The molecule has 0 bridgehead atoms. The fourth-order valence-corrected chi connectivity index (χ4v) is 1.71. The monoisotopic (exact) mass is 305 g/mol. The molecule has 0 aliphatic carbocycles. The van der Waals surface area contributed by atoms with Gasteiger partial charge in [0.2, 0.25) is 0 Å². The van der Waals surface area contributed by atoms with Crippen molar-refractivity contribution in [3.63, 3.8) is 0 Å². The Morgan fingerprint density at radius 3 is 2.48 bits per heavy atom. The largest absolute Gasteiger partial charge is 0.478 e. The van der Waals surface area contributed by atoms with Crippen LogP contribution in [0, 0.1) is 0 Å². The molecule has 0 saturated heterocycles. The zero-order valence-electron chi connectivity index (χ0n) is 11.9. The number of carbonyl (C=O) groups excluding carboxylic acids is 1. The number of ether oxygens (including phenoxy) is 2. The van der Waals surface area contributed by atoms with Gasteiger partial charge in [-0.05, 0) is 31.0 Å². The minimum Gasteiger partial charge on any atom is -0.478 e. The Kier molecular flexibility index (Phi) is 6.02. The Labute approximate surface area is 121 Å². The van der Waals surface area contributed by atoms with Crippen LogP contribution in [0.15, 0.2) is 18.2 Å². The number of alkyl halides is 3. The highest BCUT2D eigenvalue weighted by Crippen LogP contribution is 2.37. The molecule has 0 aliphatic rings. The van der Waals surface area contributed by atoms with E-state index in [1.165, 1.54) is 12.1 Å². The second kappa shape index (κ2) is 7.31. The summed E-state index contributed by atoms with van der Waals surface area (Å²) in [6.07, 6.45) is -5.46. The molecular weight excluding hydrogens is 287 g/mol. The standard InChI is InChI=1S/C14H18F3NO3/c1-3-11(13(19)20-4-2)21-12-6-5-9(8-18)7-10(12)14(15,16)17/h5-7,11H,3-4,8,18H2,1-2H3. The molecule has 7 heteroatoms. The van der Waals surface area contributed by atoms with Gasteiger partial charge >= 0.3 is 12.1 Å². The van der Waals surface area contributed by atoms with Crippen LogP contribution in [0.5, 0.6) is 5.75 Å². The molecule has 0 spiro atoms. The highest BCUT2D eigenvalue weighted by molar-refractivity contribution is 5.75. The van der Waals surface area contributed by atoms with Gasteiger partial charge in [-0.25, -0.2) is 4.79 Å². The summed E-state index contributed by atoms with van der Waals surface area (Å²) in [7, 11) is 0. The van der Waals surface area contributed by atoms with Crippen molar-refractivity contribution in [2.24, 2.45) is 5.73 Å². The molecule has 1 aromatic carbocycles. The van der Waals surface area contributed by atoms with E-state index in [2.05, 4.69) is 0 Å². The molecule has 0 amide bonds. The lowest BCUT2D eigenvalue weighted by molar-refractivity contribution is -0.153. The quantitative estimate of drug-likeness (QED) is 0.821. The lowest BCUT2D eigenvalue weighted by Crippen LogP contribution is -2.29. The molecule has 1 atom stereocenters. The second-order valence-corrected chi connectivity index (χ2v) is 4.30. The van der Waals surface area contributed by atoms with Crippen LogP contribution in [0.25, 0.3) is 0 Å². The number of rotatable bonds is 6. The molecule has 2 N–H and O–H groups in total. The van der Waals surface area contributed by atoms with Crippen molar-refractivity contribution in [2.75, 3.05) is 6.61 Å². The molecule has 4 nitrogen and oxygen atoms in total. The summed E-state index contributed by atoms with van der Waals surface area (Å²) >= 11 is 0. The highest BCUT2D eigenvalue weighted by atomic mass is 19.4. The van der Waals surface area contributed by atoms with E-state index in [0.29, 0.717) is 5.56 Å². The molecule has 1 unspecified atom stereocenters. The fraction of sp³-hybridized carbons (Fsp3) is 0.500. The second-order valence-electron chi connectivity index (χ2n) is 4.30. The van der Waals surface area contributed by atoms with Crippen molar-refractivity contribution in [1.29, 1.82) is 0 Å².